The molecule has 1 aromatic rings. The van der Waals surface area contributed by atoms with Gasteiger partial charge in [-0.25, -0.2) is 0 Å². The lowest BCUT2D eigenvalue weighted by molar-refractivity contribution is -0.137. The third kappa shape index (κ3) is 5.67. The van der Waals surface area contributed by atoms with Crippen LogP contribution in [-0.4, -0.2) is 0 Å². The van der Waals surface area contributed by atoms with Crippen LogP contribution in [0.5, 0.6) is 0 Å². The molecular weight excluding hydrogens is 277 g/mol. The number of unbranched alkanes of at least 4 members (excludes halogenated alkanes) is 1. The van der Waals surface area contributed by atoms with Crippen molar-refractivity contribution in [3.8, 4) is 0 Å². The Labute approximate surface area is 124 Å². The molecule has 0 spiro atoms. The molecule has 2 unspecified atom stereocenters. The Hall–Kier alpha value is -1.07. The third-order valence-corrected chi connectivity index (χ3v) is 3.95. The molecule has 0 aliphatic carbocycles. The Bertz CT molecular complexity index is 401. The van der Waals surface area contributed by atoms with Crippen LogP contribution in [0.3, 0.4) is 0 Å². The minimum Gasteiger partial charge on any atom is -0.271 e. The molecule has 0 saturated carbocycles. The van der Waals surface area contributed by atoms with Crippen LogP contribution in [0.25, 0.3) is 0 Å². The molecule has 0 saturated heterocycles. The van der Waals surface area contributed by atoms with Crippen molar-refractivity contribution in [1.29, 1.82) is 0 Å². The van der Waals surface area contributed by atoms with Gasteiger partial charge in [0.05, 0.1) is 5.56 Å². The summed E-state index contributed by atoms with van der Waals surface area (Å²) in [4.78, 5) is 0. The Morgan fingerprint density at radius 3 is 2.19 bits per heavy atom. The first kappa shape index (κ1) is 18.0. The van der Waals surface area contributed by atoms with E-state index in [-0.39, 0.29) is 6.04 Å². The number of hydrogen-bond acceptors (Lipinski definition) is 2. The fourth-order valence-corrected chi connectivity index (χ4v) is 2.52. The van der Waals surface area contributed by atoms with Crippen molar-refractivity contribution >= 4 is 0 Å². The van der Waals surface area contributed by atoms with Gasteiger partial charge in [0.2, 0.25) is 0 Å². The topological polar surface area (TPSA) is 38.0 Å². The monoisotopic (exact) mass is 302 g/mol. The zero-order valence-electron chi connectivity index (χ0n) is 12.7. The van der Waals surface area contributed by atoms with E-state index in [4.69, 9.17) is 5.84 Å². The van der Waals surface area contributed by atoms with Gasteiger partial charge in [0, 0.05) is 6.04 Å². The average Bonchev–Trinajstić information content (AvgIpc) is 2.47. The van der Waals surface area contributed by atoms with E-state index in [1.54, 1.807) is 0 Å². The summed E-state index contributed by atoms with van der Waals surface area (Å²) in [6, 6.07) is 5.16. The highest BCUT2D eigenvalue weighted by Crippen LogP contribution is 2.31. The lowest BCUT2D eigenvalue weighted by Gasteiger charge is -2.23. The Balaban J connectivity index is 2.75. The molecule has 1 aromatic carbocycles. The average molecular weight is 302 g/mol. The normalized spacial score (nSPS) is 15.0. The minimum absolute atomic E-state index is 0.103. The van der Waals surface area contributed by atoms with E-state index in [9.17, 15) is 13.2 Å². The van der Waals surface area contributed by atoms with Crippen LogP contribution in [0.15, 0.2) is 24.3 Å². The van der Waals surface area contributed by atoms with Crippen LogP contribution in [0.4, 0.5) is 13.2 Å². The van der Waals surface area contributed by atoms with Crippen molar-refractivity contribution in [2.75, 3.05) is 0 Å². The number of nitrogens with one attached hydrogen (secondary N) is 1. The van der Waals surface area contributed by atoms with Gasteiger partial charge in [0.15, 0.2) is 0 Å². The van der Waals surface area contributed by atoms with Gasteiger partial charge >= 0.3 is 6.18 Å². The number of rotatable bonds is 8. The molecule has 0 aromatic heterocycles. The molecular formula is C16H25F3N2. The summed E-state index contributed by atoms with van der Waals surface area (Å²) in [5.41, 5.74) is 2.92. The quantitative estimate of drug-likeness (QED) is 0.534. The summed E-state index contributed by atoms with van der Waals surface area (Å²) < 4.78 is 37.7. The minimum atomic E-state index is -4.29. The Morgan fingerprint density at radius 2 is 1.76 bits per heavy atom. The van der Waals surface area contributed by atoms with Gasteiger partial charge in [0.25, 0.3) is 0 Å². The SMILES string of the molecule is CCCCC(CC)CC(NN)c1ccc(C(F)(F)F)cc1. The molecule has 0 radical (unpaired) electrons. The van der Waals surface area contributed by atoms with E-state index >= 15 is 0 Å². The Kier molecular flexibility index (Phi) is 7.18. The summed E-state index contributed by atoms with van der Waals surface area (Å²) in [7, 11) is 0. The number of hydrazine groups is 1. The van der Waals surface area contributed by atoms with Crippen molar-refractivity contribution in [3.05, 3.63) is 35.4 Å². The molecule has 2 nitrogen and oxygen atoms in total. The first-order valence-corrected chi connectivity index (χ1v) is 7.55. The third-order valence-electron chi connectivity index (χ3n) is 3.95. The van der Waals surface area contributed by atoms with Gasteiger partial charge in [-0.05, 0) is 30.0 Å². The largest absolute Gasteiger partial charge is 0.416 e. The van der Waals surface area contributed by atoms with E-state index in [1.165, 1.54) is 18.6 Å². The van der Waals surface area contributed by atoms with Crippen molar-refractivity contribution < 1.29 is 13.2 Å². The van der Waals surface area contributed by atoms with Crippen LogP contribution >= 0.6 is 0 Å². The predicted octanol–water partition coefficient (Wildman–Crippen LogP) is 4.82. The van der Waals surface area contributed by atoms with E-state index < -0.39 is 11.7 Å². The second-order valence-electron chi connectivity index (χ2n) is 5.49. The van der Waals surface area contributed by atoms with Gasteiger partial charge in [0.1, 0.15) is 0 Å². The number of benzene rings is 1. The number of alkyl halides is 3. The summed E-state index contributed by atoms with van der Waals surface area (Å²) in [5, 5.41) is 0. The Morgan fingerprint density at radius 1 is 1.14 bits per heavy atom. The smallest absolute Gasteiger partial charge is 0.271 e. The van der Waals surface area contributed by atoms with Crippen LogP contribution < -0.4 is 11.3 Å². The van der Waals surface area contributed by atoms with Crippen molar-refractivity contribution in [2.45, 2.75) is 58.2 Å². The highest BCUT2D eigenvalue weighted by molar-refractivity contribution is 5.26. The second kappa shape index (κ2) is 8.39. The van der Waals surface area contributed by atoms with Gasteiger partial charge in [-0.1, -0.05) is 51.7 Å². The molecule has 120 valence electrons. The van der Waals surface area contributed by atoms with Crippen molar-refractivity contribution in [3.63, 3.8) is 0 Å². The number of hydrogen-bond donors (Lipinski definition) is 2. The zero-order valence-corrected chi connectivity index (χ0v) is 12.7. The van der Waals surface area contributed by atoms with Crippen LogP contribution in [0.1, 0.15) is 63.1 Å². The van der Waals surface area contributed by atoms with Gasteiger partial charge in [-0.15, -0.1) is 0 Å². The number of halogens is 3. The van der Waals surface area contributed by atoms with Gasteiger partial charge in [-0.3, -0.25) is 11.3 Å². The molecule has 5 heteroatoms. The molecule has 0 fully saturated rings. The molecule has 3 N–H and O–H groups in total. The molecule has 0 aliphatic heterocycles. The lowest BCUT2D eigenvalue weighted by atomic mass is 9.89. The molecule has 0 amide bonds. The van der Waals surface area contributed by atoms with E-state index in [2.05, 4.69) is 19.3 Å². The van der Waals surface area contributed by atoms with Crippen LogP contribution in [0.2, 0.25) is 0 Å². The molecule has 0 aliphatic rings. The fraction of sp³-hybridized carbons (Fsp3) is 0.625. The molecule has 0 bridgehead atoms. The standard InChI is InChI=1S/C16H25F3N2/c1-3-5-6-12(4-2)11-15(21-20)13-7-9-14(10-8-13)16(17,18)19/h7-10,12,15,21H,3-6,11,20H2,1-2H3. The molecule has 21 heavy (non-hydrogen) atoms. The number of nitrogens with two attached hydrogens (primary N) is 1. The maximum absolute atomic E-state index is 12.6. The maximum Gasteiger partial charge on any atom is 0.416 e. The lowest BCUT2D eigenvalue weighted by Crippen LogP contribution is -2.29. The predicted molar refractivity (Wildman–Crippen MR) is 79.4 cm³/mol. The summed E-state index contributed by atoms with van der Waals surface area (Å²) in [5.74, 6) is 6.12. The van der Waals surface area contributed by atoms with Crippen LogP contribution in [0, 0.1) is 5.92 Å². The van der Waals surface area contributed by atoms with Crippen LogP contribution in [-0.2, 0) is 6.18 Å². The van der Waals surface area contributed by atoms with Crippen molar-refractivity contribution in [1.82, 2.24) is 5.43 Å². The first-order chi connectivity index (χ1) is 9.92. The van der Waals surface area contributed by atoms with Gasteiger partial charge in [-0.2, -0.15) is 13.2 Å². The zero-order chi connectivity index (χ0) is 15.9. The summed E-state index contributed by atoms with van der Waals surface area (Å²) in [6.07, 6.45) is 1.06. The second-order valence-corrected chi connectivity index (χ2v) is 5.49. The van der Waals surface area contributed by atoms with Crippen molar-refractivity contribution in [2.24, 2.45) is 11.8 Å². The van der Waals surface area contributed by atoms with E-state index in [1.807, 2.05) is 0 Å². The highest BCUT2D eigenvalue weighted by atomic mass is 19.4. The summed E-state index contributed by atoms with van der Waals surface area (Å²) >= 11 is 0. The highest BCUT2D eigenvalue weighted by Gasteiger charge is 2.30. The van der Waals surface area contributed by atoms with E-state index in [0.29, 0.717) is 5.92 Å². The summed E-state index contributed by atoms with van der Waals surface area (Å²) in [6.45, 7) is 4.29. The molecule has 1 rings (SSSR count). The van der Waals surface area contributed by atoms with E-state index in [0.717, 1.165) is 43.4 Å². The molecule has 2 atom stereocenters. The molecule has 0 heterocycles. The first-order valence-electron chi connectivity index (χ1n) is 7.55. The fourth-order valence-electron chi connectivity index (χ4n) is 2.52. The van der Waals surface area contributed by atoms with Gasteiger partial charge < -0.3 is 0 Å². The maximum atomic E-state index is 12.6.